The van der Waals surface area contributed by atoms with E-state index in [1.54, 1.807) is 12.4 Å². The van der Waals surface area contributed by atoms with Gasteiger partial charge < -0.3 is 4.43 Å². The largest absolute Gasteiger partial charge is 0.417 e. The molecule has 1 heterocycles. The van der Waals surface area contributed by atoms with E-state index in [0.717, 1.165) is 24.2 Å². The van der Waals surface area contributed by atoms with Gasteiger partial charge in [-0.05, 0) is 54.2 Å². The van der Waals surface area contributed by atoms with E-state index in [4.69, 9.17) is 4.43 Å². The maximum atomic E-state index is 13.3. The van der Waals surface area contributed by atoms with Crippen molar-refractivity contribution in [3.8, 4) is 0 Å². The van der Waals surface area contributed by atoms with Crippen LogP contribution < -0.4 is 0 Å². The van der Waals surface area contributed by atoms with Gasteiger partial charge in [0.25, 0.3) is 0 Å². The number of benzene rings is 1. The molecule has 0 amide bonds. The van der Waals surface area contributed by atoms with Crippen LogP contribution in [0.25, 0.3) is 0 Å². The Bertz CT molecular complexity index is 654. The van der Waals surface area contributed by atoms with Crippen molar-refractivity contribution in [2.45, 2.75) is 57.7 Å². The van der Waals surface area contributed by atoms with Gasteiger partial charge in [-0.1, -0.05) is 32.9 Å². The monoisotopic (exact) mass is 360 g/mol. The summed E-state index contributed by atoms with van der Waals surface area (Å²) in [7, 11) is -1.76. The van der Waals surface area contributed by atoms with Gasteiger partial charge in [0.2, 0.25) is 0 Å². The molecule has 0 radical (unpaired) electrons. The molecule has 0 saturated heterocycles. The van der Waals surface area contributed by atoms with Crippen LogP contribution in [-0.2, 0) is 10.8 Å². The van der Waals surface area contributed by atoms with Crippen LogP contribution in [0.5, 0.6) is 0 Å². The fourth-order valence-electron chi connectivity index (χ4n) is 2.45. The molecular weight excluding hydrogens is 331 g/mol. The van der Waals surface area contributed by atoms with Crippen LogP contribution in [0.4, 0.5) is 4.39 Å². The summed E-state index contributed by atoms with van der Waals surface area (Å²) in [4.78, 5) is 8.68. The van der Waals surface area contributed by atoms with Crippen LogP contribution in [0.15, 0.2) is 42.7 Å². The van der Waals surface area contributed by atoms with E-state index in [9.17, 15) is 4.39 Å². The molecule has 2 rings (SSSR count). The summed E-state index contributed by atoms with van der Waals surface area (Å²) >= 11 is 0. The van der Waals surface area contributed by atoms with Crippen molar-refractivity contribution in [2.24, 2.45) is 0 Å². The molecule has 5 heteroatoms. The lowest BCUT2D eigenvalue weighted by atomic mass is 9.92. The molecular formula is C20H29FN2OSi. The highest BCUT2D eigenvalue weighted by Gasteiger charge is 2.37. The number of nitrogens with zero attached hydrogens (tertiary/aromatic N) is 2. The minimum atomic E-state index is -1.76. The smallest absolute Gasteiger partial charge is 0.191 e. The standard InChI is InChI=1S/C20H29FN2OSi/c1-20(2,3)25(4,5)24-14-11-17(15-19-22-12-6-13-23-19)16-7-9-18(21)10-8-16/h6-10,12-13,17H,11,14-15H2,1-5H3/t17-/m0/s1. The van der Waals surface area contributed by atoms with Crippen molar-refractivity contribution >= 4 is 8.32 Å². The van der Waals surface area contributed by atoms with Crippen molar-refractivity contribution in [1.82, 2.24) is 9.97 Å². The molecule has 1 aromatic heterocycles. The summed E-state index contributed by atoms with van der Waals surface area (Å²) in [5, 5.41) is 0.195. The van der Waals surface area contributed by atoms with Gasteiger partial charge in [0.05, 0.1) is 0 Å². The van der Waals surface area contributed by atoms with E-state index in [-0.39, 0.29) is 16.8 Å². The van der Waals surface area contributed by atoms with Crippen molar-refractivity contribution in [3.05, 3.63) is 59.9 Å². The fourth-order valence-corrected chi connectivity index (χ4v) is 3.51. The quantitative estimate of drug-likeness (QED) is 0.624. The highest BCUT2D eigenvalue weighted by Crippen LogP contribution is 2.37. The van der Waals surface area contributed by atoms with Crippen molar-refractivity contribution in [1.29, 1.82) is 0 Å². The van der Waals surface area contributed by atoms with E-state index < -0.39 is 8.32 Å². The summed E-state index contributed by atoms with van der Waals surface area (Å²) in [6.07, 6.45) is 5.12. The van der Waals surface area contributed by atoms with Crippen molar-refractivity contribution in [3.63, 3.8) is 0 Å². The minimum Gasteiger partial charge on any atom is -0.417 e. The first-order valence-corrected chi connectivity index (χ1v) is 11.8. The lowest BCUT2D eigenvalue weighted by Gasteiger charge is -2.36. The van der Waals surface area contributed by atoms with E-state index in [0.29, 0.717) is 6.61 Å². The van der Waals surface area contributed by atoms with Crippen LogP contribution in [0.1, 0.15) is 44.5 Å². The number of rotatable bonds is 7. The molecule has 0 spiro atoms. The minimum absolute atomic E-state index is 0.195. The molecule has 1 atom stereocenters. The van der Waals surface area contributed by atoms with Crippen molar-refractivity contribution in [2.75, 3.05) is 6.61 Å². The Morgan fingerprint density at radius 3 is 2.24 bits per heavy atom. The Balaban J connectivity index is 2.08. The molecule has 0 unspecified atom stereocenters. The predicted octanol–water partition coefficient (Wildman–Crippen LogP) is 5.35. The summed E-state index contributed by atoms with van der Waals surface area (Å²) < 4.78 is 19.6. The van der Waals surface area contributed by atoms with Gasteiger partial charge in [-0.3, -0.25) is 0 Å². The Morgan fingerprint density at radius 1 is 1.08 bits per heavy atom. The molecule has 2 aromatic rings. The maximum absolute atomic E-state index is 13.3. The number of hydrogen-bond acceptors (Lipinski definition) is 3. The number of halogens is 1. The zero-order valence-electron chi connectivity index (χ0n) is 15.9. The molecule has 136 valence electrons. The topological polar surface area (TPSA) is 35.0 Å². The Labute approximate surface area is 151 Å². The van der Waals surface area contributed by atoms with Crippen LogP contribution in [-0.4, -0.2) is 24.9 Å². The van der Waals surface area contributed by atoms with E-state index in [1.165, 1.54) is 12.1 Å². The molecule has 0 aliphatic carbocycles. The average molecular weight is 361 g/mol. The average Bonchev–Trinajstić information content (AvgIpc) is 2.54. The molecule has 3 nitrogen and oxygen atoms in total. The Morgan fingerprint density at radius 2 is 1.68 bits per heavy atom. The third kappa shape index (κ3) is 5.72. The highest BCUT2D eigenvalue weighted by molar-refractivity contribution is 6.74. The summed E-state index contributed by atoms with van der Waals surface area (Å²) in [6, 6.07) is 8.56. The van der Waals surface area contributed by atoms with Gasteiger partial charge in [-0.25, -0.2) is 14.4 Å². The highest BCUT2D eigenvalue weighted by atomic mass is 28.4. The SMILES string of the molecule is CC(C)(C)[Si](C)(C)OCC[C@@H](Cc1ncccn1)c1ccc(F)cc1. The number of hydrogen-bond donors (Lipinski definition) is 0. The molecule has 1 aromatic carbocycles. The maximum Gasteiger partial charge on any atom is 0.191 e. The molecule has 0 fully saturated rings. The zero-order valence-corrected chi connectivity index (χ0v) is 16.9. The second kappa shape index (κ2) is 8.19. The molecule has 25 heavy (non-hydrogen) atoms. The second-order valence-electron chi connectivity index (χ2n) is 8.02. The van der Waals surface area contributed by atoms with Crippen LogP contribution in [0, 0.1) is 5.82 Å². The first kappa shape index (κ1) is 19.7. The van der Waals surface area contributed by atoms with Gasteiger partial charge in [-0.2, -0.15) is 0 Å². The van der Waals surface area contributed by atoms with E-state index in [1.807, 2.05) is 18.2 Å². The fraction of sp³-hybridized carbons (Fsp3) is 0.500. The third-order valence-corrected chi connectivity index (χ3v) is 9.66. The lowest BCUT2D eigenvalue weighted by Crippen LogP contribution is -2.41. The zero-order chi connectivity index (χ0) is 18.5. The van der Waals surface area contributed by atoms with Gasteiger partial charge in [0.15, 0.2) is 8.32 Å². The predicted molar refractivity (Wildman–Crippen MR) is 103 cm³/mol. The first-order valence-electron chi connectivity index (χ1n) is 8.84. The van der Waals surface area contributed by atoms with Crippen LogP contribution in [0.3, 0.4) is 0 Å². The molecule has 0 aliphatic rings. The van der Waals surface area contributed by atoms with Crippen LogP contribution >= 0.6 is 0 Å². The van der Waals surface area contributed by atoms with E-state index >= 15 is 0 Å². The lowest BCUT2D eigenvalue weighted by molar-refractivity contribution is 0.270. The molecule has 0 aliphatic heterocycles. The molecule has 0 bridgehead atoms. The molecule has 0 saturated carbocycles. The third-order valence-electron chi connectivity index (χ3n) is 5.13. The number of aromatic nitrogens is 2. The molecule has 0 N–H and O–H groups in total. The Kier molecular flexibility index (Phi) is 6.46. The normalized spacial score (nSPS) is 13.7. The van der Waals surface area contributed by atoms with Gasteiger partial charge in [0.1, 0.15) is 11.6 Å². The second-order valence-corrected chi connectivity index (χ2v) is 12.8. The van der Waals surface area contributed by atoms with Gasteiger partial charge in [0, 0.05) is 25.4 Å². The summed E-state index contributed by atoms with van der Waals surface area (Å²) in [6.45, 7) is 12.0. The van der Waals surface area contributed by atoms with Gasteiger partial charge >= 0.3 is 0 Å². The van der Waals surface area contributed by atoms with E-state index in [2.05, 4.69) is 43.8 Å². The summed E-state index contributed by atoms with van der Waals surface area (Å²) in [5.41, 5.74) is 1.10. The Hall–Kier alpha value is -1.59. The summed E-state index contributed by atoms with van der Waals surface area (Å²) in [5.74, 6) is 0.813. The first-order chi connectivity index (χ1) is 11.7. The van der Waals surface area contributed by atoms with Gasteiger partial charge in [-0.15, -0.1) is 0 Å². The van der Waals surface area contributed by atoms with Crippen molar-refractivity contribution < 1.29 is 8.82 Å². The van der Waals surface area contributed by atoms with Crippen LogP contribution in [0.2, 0.25) is 18.1 Å².